The van der Waals surface area contributed by atoms with Gasteiger partial charge in [0, 0.05) is 32.0 Å². The van der Waals surface area contributed by atoms with Gasteiger partial charge in [0.25, 0.3) is 0 Å². The second-order valence-electron chi connectivity index (χ2n) is 4.53. The molecular formula is C11H19NO. The maximum Gasteiger partial charge on any atom is 0.135 e. The number of Topliss-reactive ketones (excluding diaryl/α,β-unsaturated/α-hetero) is 1. The Morgan fingerprint density at radius 3 is 3.15 bits per heavy atom. The van der Waals surface area contributed by atoms with Crippen LogP contribution in [0.5, 0.6) is 0 Å². The monoisotopic (exact) mass is 181 g/mol. The van der Waals surface area contributed by atoms with E-state index in [4.69, 9.17) is 0 Å². The fourth-order valence-electron chi connectivity index (χ4n) is 2.83. The van der Waals surface area contributed by atoms with Crippen molar-refractivity contribution in [1.82, 2.24) is 4.90 Å². The molecule has 2 heteroatoms. The van der Waals surface area contributed by atoms with E-state index in [1.54, 1.807) is 0 Å². The van der Waals surface area contributed by atoms with Crippen molar-refractivity contribution in [2.45, 2.75) is 45.1 Å². The Hall–Kier alpha value is -0.370. The lowest BCUT2D eigenvalue weighted by Crippen LogP contribution is -2.38. The molecule has 0 aromatic heterocycles. The van der Waals surface area contributed by atoms with Crippen LogP contribution in [0.3, 0.4) is 0 Å². The number of nitrogens with zero attached hydrogens (tertiary/aromatic N) is 1. The molecule has 2 heterocycles. The minimum absolute atomic E-state index is 0.485. The predicted octanol–water partition coefficient (Wildman–Crippen LogP) is 1.84. The molecule has 74 valence electrons. The Balaban J connectivity index is 1.90. The average molecular weight is 181 g/mol. The summed E-state index contributed by atoms with van der Waals surface area (Å²) in [6, 6.07) is 0.609. The van der Waals surface area contributed by atoms with Crippen LogP contribution in [0.25, 0.3) is 0 Å². The fraction of sp³-hybridized carbons (Fsp3) is 0.909. The third kappa shape index (κ3) is 1.93. The van der Waals surface area contributed by atoms with Gasteiger partial charge in [-0.05, 0) is 18.8 Å². The summed E-state index contributed by atoms with van der Waals surface area (Å²) in [5, 5.41) is 0. The third-order valence-electron chi connectivity index (χ3n) is 3.45. The van der Waals surface area contributed by atoms with Gasteiger partial charge in [0.2, 0.25) is 0 Å². The Kier molecular flexibility index (Phi) is 2.68. The molecule has 0 radical (unpaired) electrons. The molecule has 2 nitrogen and oxygen atoms in total. The topological polar surface area (TPSA) is 20.3 Å². The first-order valence-corrected chi connectivity index (χ1v) is 5.55. The normalized spacial score (nSPS) is 35.0. The summed E-state index contributed by atoms with van der Waals surface area (Å²) in [5.74, 6) is 1.36. The highest BCUT2D eigenvalue weighted by Gasteiger charge is 2.35. The molecule has 0 aromatic rings. The summed E-state index contributed by atoms with van der Waals surface area (Å²) in [4.78, 5) is 13.8. The SMILES string of the molecule is CCC[C@H]1C[C@H]2CC(=O)CCN2C1. The van der Waals surface area contributed by atoms with Gasteiger partial charge in [-0.25, -0.2) is 0 Å². The van der Waals surface area contributed by atoms with Crippen molar-refractivity contribution in [3.05, 3.63) is 0 Å². The van der Waals surface area contributed by atoms with E-state index in [0.717, 1.165) is 25.3 Å². The quantitative estimate of drug-likeness (QED) is 0.648. The van der Waals surface area contributed by atoms with E-state index in [9.17, 15) is 4.79 Å². The molecule has 0 aromatic carbocycles. The van der Waals surface area contributed by atoms with Gasteiger partial charge < -0.3 is 0 Å². The lowest BCUT2D eigenvalue weighted by atomic mass is 9.96. The van der Waals surface area contributed by atoms with Gasteiger partial charge in [-0.15, -0.1) is 0 Å². The second kappa shape index (κ2) is 3.79. The summed E-state index contributed by atoms with van der Waals surface area (Å²) in [6.45, 7) is 4.54. The standard InChI is InChI=1S/C11H19NO/c1-2-3-9-6-10-7-11(13)4-5-12(10)8-9/h9-10H,2-8H2,1H3/t9-,10-/m0/s1. The van der Waals surface area contributed by atoms with E-state index < -0.39 is 0 Å². The van der Waals surface area contributed by atoms with Crippen LogP contribution < -0.4 is 0 Å². The molecule has 0 unspecified atom stereocenters. The van der Waals surface area contributed by atoms with Crippen molar-refractivity contribution in [2.24, 2.45) is 5.92 Å². The number of hydrogen-bond acceptors (Lipinski definition) is 2. The number of hydrogen-bond donors (Lipinski definition) is 0. The van der Waals surface area contributed by atoms with Crippen LogP contribution >= 0.6 is 0 Å². The fourth-order valence-corrected chi connectivity index (χ4v) is 2.83. The maximum atomic E-state index is 11.2. The number of ketones is 1. The molecule has 0 saturated carbocycles. The number of piperidine rings is 1. The van der Waals surface area contributed by atoms with Gasteiger partial charge >= 0.3 is 0 Å². The highest BCUT2D eigenvalue weighted by Crippen LogP contribution is 2.31. The summed E-state index contributed by atoms with van der Waals surface area (Å²) >= 11 is 0. The van der Waals surface area contributed by atoms with E-state index in [1.807, 2.05) is 0 Å². The van der Waals surface area contributed by atoms with Crippen molar-refractivity contribution in [3.8, 4) is 0 Å². The van der Waals surface area contributed by atoms with Gasteiger partial charge in [0.05, 0.1) is 0 Å². The summed E-state index contributed by atoms with van der Waals surface area (Å²) in [7, 11) is 0. The molecule has 13 heavy (non-hydrogen) atoms. The molecular weight excluding hydrogens is 162 g/mol. The summed E-state index contributed by atoms with van der Waals surface area (Å²) in [6.07, 6.45) is 5.55. The lowest BCUT2D eigenvalue weighted by molar-refractivity contribution is -0.122. The van der Waals surface area contributed by atoms with Gasteiger partial charge in [0.15, 0.2) is 0 Å². The number of carbonyl (C=O) groups excluding carboxylic acids is 1. The van der Waals surface area contributed by atoms with Crippen LogP contribution in [0.2, 0.25) is 0 Å². The largest absolute Gasteiger partial charge is 0.300 e. The van der Waals surface area contributed by atoms with Gasteiger partial charge in [-0.3, -0.25) is 9.69 Å². The van der Waals surface area contributed by atoms with E-state index in [1.165, 1.54) is 25.8 Å². The molecule has 2 fully saturated rings. The molecule has 2 aliphatic rings. The molecule has 0 amide bonds. The first-order valence-electron chi connectivity index (χ1n) is 5.55. The zero-order valence-electron chi connectivity index (χ0n) is 8.46. The molecule has 0 N–H and O–H groups in total. The third-order valence-corrected chi connectivity index (χ3v) is 3.45. The number of fused-ring (bicyclic) bond motifs is 1. The minimum atomic E-state index is 0.485. The molecule has 0 bridgehead atoms. The summed E-state index contributed by atoms with van der Waals surface area (Å²) in [5.41, 5.74) is 0. The molecule has 2 atom stereocenters. The zero-order chi connectivity index (χ0) is 9.26. The van der Waals surface area contributed by atoms with E-state index in [2.05, 4.69) is 11.8 Å². The first-order chi connectivity index (χ1) is 6.29. The van der Waals surface area contributed by atoms with E-state index >= 15 is 0 Å². The van der Waals surface area contributed by atoms with Crippen LogP contribution in [0.4, 0.5) is 0 Å². The predicted molar refractivity (Wildman–Crippen MR) is 52.6 cm³/mol. The summed E-state index contributed by atoms with van der Waals surface area (Å²) < 4.78 is 0. The van der Waals surface area contributed by atoms with E-state index in [-0.39, 0.29) is 0 Å². The molecule has 2 saturated heterocycles. The van der Waals surface area contributed by atoms with Crippen molar-refractivity contribution in [2.75, 3.05) is 13.1 Å². The highest BCUT2D eigenvalue weighted by molar-refractivity contribution is 5.80. The van der Waals surface area contributed by atoms with Crippen molar-refractivity contribution in [3.63, 3.8) is 0 Å². The first kappa shape index (κ1) is 9.20. The van der Waals surface area contributed by atoms with E-state index in [0.29, 0.717) is 11.8 Å². The molecule has 0 aliphatic carbocycles. The average Bonchev–Trinajstić information content (AvgIpc) is 2.46. The number of rotatable bonds is 2. The van der Waals surface area contributed by atoms with Crippen LogP contribution in [-0.2, 0) is 4.79 Å². The molecule has 2 rings (SSSR count). The van der Waals surface area contributed by atoms with Crippen LogP contribution in [0, 0.1) is 5.92 Å². The van der Waals surface area contributed by atoms with Crippen molar-refractivity contribution < 1.29 is 4.79 Å². The van der Waals surface area contributed by atoms with Gasteiger partial charge in [0.1, 0.15) is 5.78 Å². The maximum absolute atomic E-state index is 11.2. The number of carbonyl (C=O) groups is 1. The van der Waals surface area contributed by atoms with Crippen molar-refractivity contribution >= 4 is 5.78 Å². The Bertz CT molecular complexity index is 202. The van der Waals surface area contributed by atoms with Crippen LogP contribution in [0.15, 0.2) is 0 Å². The second-order valence-corrected chi connectivity index (χ2v) is 4.53. The molecule has 0 spiro atoms. The van der Waals surface area contributed by atoms with Crippen molar-refractivity contribution in [1.29, 1.82) is 0 Å². The van der Waals surface area contributed by atoms with Gasteiger partial charge in [-0.1, -0.05) is 13.3 Å². The van der Waals surface area contributed by atoms with Crippen LogP contribution in [-0.4, -0.2) is 29.8 Å². The zero-order valence-corrected chi connectivity index (χ0v) is 8.46. The lowest BCUT2D eigenvalue weighted by Gasteiger charge is -2.27. The Morgan fingerprint density at radius 2 is 2.38 bits per heavy atom. The Labute approximate surface area is 80.3 Å². The van der Waals surface area contributed by atoms with Crippen LogP contribution in [0.1, 0.15) is 39.0 Å². The molecule has 2 aliphatic heterocycles. The Morgan fingerprint density at radius 1 is 1.54 bits per heavy atom. The smallest absolute Gasteiger partial charge is 0.135 e. The minimum Gasteiger partial charge on any atom is -0.300 e. The van der Waals surface area contributed by atoms with Gasteiger partial charge in [-0.2, -0.15) is 0 Å². The highest BCUT2D eigenvalue weighted by atomic mass is 16.1.